The van der Waals surface area contributed by atoms with Crippen molar-refractivity contribution < 1.29 is 12.8 Å². The summed E-state index contributed by atoms with van der Waals surface area (Å²) in [6.45, 7) is 3.57. The summed E-state index contributed by atoms with van der Waals surface area (Å²) in [4.78, 5) is 0.265. The van der Waals surface area contributed by atoms with Crippen molar-refractivity contribution in [3.8, 4) is 0 Å². The number of hydrogen-bond acceptors (Lipinski definition) is 3. The van der Waals surface area contributed by atoms with Crippen LogP contribution in [-0.4, -0.2) is 8.42 Å². The first kappa shape index (κ1) is 14.5. The van der Waals surface area contributed by atoms with Crippen LogP contribution in [0.1, 0.15) is 16.7 Å². The summed E-state index contributed by atoms with van der Waals surface area (Å²) in [6, 6.07) is 8.99. The number of benzene rings is 2. The van der Waals surface area contributed by atoms with Crippen molar-refractivity contribution in [3.63, 3.8) is 0 Å². The predicted octanol–water partition coefficient (Wildman–Crippen LogP) is 3.00. The van der Waals surface area contributed by atoms with Crippen LogP contribution in [0.3, 0.4) is 0 Å². The minimum atomic E-state index is -3.55. The minimum absolute atomic E-state index is 0.265. The summed E-state index contributed by atoms with van der Waals surface area (Å²) in [7, 11) is -3.55. The molecular formula is C15H16FNO2S. The molecule has 0 spiro atoms. The maximum Gasteiger partial charge on any atom is 0.182 e. The molecule has 0 unspecified atom stereocenters. The van der Waals surface area contributed by atoms with Gasteiger partial charge in [0.1, 0.15) is 5.82 Å². The zero-order valence-corrected chi connectivity index (χ0v) is 12.2. The molecule has 2 aromatic carbocycles. The number of rotatable bonds is 3. The molecule has 0 saturated carbocycles. The van der Waals surface area contributed by atoms with Crippen molar-refractivity contribution >= 4 is 15.5 Å². The van der Waals surface area contributed by atoms with Crippen molar-refractivity contribution in [2.24, 2.45) is 0 Å². The Hall–Kier alpha value is -1.88. The zero-order chi connectivity index (χ0) is 14.9. The fraction of sp³-hybridized carbons (Fsp3) is 0.200. The summed E-state index contributed by atoms with van der Waals surface area (Å²) in [5, 5.41) is 0. The van der Waals surface area contributed by atoms with E-state index in [1.807, 2.05) is 13.0 Å². The van der Waals surface area contributed by atoms with Crippen LogP contribution in [0, 0.1) is 19.7 Å². The standard InChI is InChI=1S/C15H16FNO2S/c1-10-3-4-11(2)15(7-10)20(18,19)9-12-8-13(16)5-6-14(12)17/h3-8H,9,17H2,1-2H3. The van der Waals surface area contributed by atoms with E-state index < -0.39 is 15.7 Å². The number of halogens is 1. The van der Waals surface area contributed by atoms with E-state index in [1.165, 1.54) is 12.1 Å². The van der Waals surface area contributed by atoms with Crippen LogP contribution in [0.2, 0.25) is 0 Å². The van der Waals surface area contributed by atoms with Gasteiger partial charge < -0.3 is 5.73 Å². The molecular weight excluding hydrogens is 277 g/mol. The van der Waals surface area contributed by atoms with Gasteiger partial charge in [0, 0.05) is 5.69 Å². The number of hydrogen-bond donors (Lipinski definition) is 1. The van der Waals surface area contributed by atoms with Gasteiger partial charge in [-0.1, -0.05) is 12.1 Å². The molecule has 3 nitrogen and oxygen atoms in total. The Morgan fingerprint density at radius 2 is 1.80 bits per heavy atom. The van der Waals surface area contributed by atoms with E-state index in [-0.39, 0.29) is 21.9 Å². The molecule has 2 N–H and O–H groups in total. The summed E-state index contributed by atoms with van der Waals surface area (Å²) >= 11 is 0. The predicted molar refractivity (Wildman–Crippen MR) is 77.6 cm³/mol. The van der Waals surface area contributed by atoms with E-state index in [9.17, 15) is 12.8 Å². The van der Waals surface area contributed by atoms with Gasteiger partial charge in [-0.25, -0.2) is 12.8 Å². The van der Waals surface area contributed by atoms with Crippen LogP contribution in [0.5, 0.6) is 0 Å². The van der Waals surface area contributed by atoms with Crippen molar-refractivity contribution in [1.29, 1.82) is 0 Å². The van der Waals surface area contributed by atoms with Crippen LogP contribution in [-0.2, 0) is 15.6 Å². The molecule has 0 fully saturated rings. The van der Waals surface area contributed by atoms with Gasteiger partial charge >= 0.3 is 0 Å². The van der Waals surface area contributed by atoms with Gasteiger partial charge in [0.25, 0.3) is 0 Å². The van der Waals surface area contributed by atoms with Gasteiger partial charge in [0.15, 0.2) is 9.84 Å². The Morgan fingerprint density at radius 1 is 1.10 bits per heavy atom. The largest absolute Gasteiger partial charge is 0.398 e. The van der Waals surface area contributed by atoms with Gasteiger partial charge in [-0.05, 0) is 54.8 Å². The molecule has 0 aliphatic rings. The molecule has 0 aliphatic carbocycles. The summed E-state index contributed by atoms with van der Waals surface area (Å²) in [5.41, 5.74) is 7.81. The van der Waals surface area contributed by atoms with Crippen molar-refractivity contribution in [2.45, 2.75) is 24.5 Å². The highest BCUT2D eigenvalue weighted by Crippen LogP contribution is 2.24. The Balaban J connectivity index is 2.46. The molecule has 106 valence electrons. The molecule has 2 aromatic rings. The quantitative estimate of drug-likeness (QED) is 0.885. The average Bonchev–Trinajstić information content (AvgIpc) is 2.36. The molecule has 5 heteroatoms. The monoisotopic (exact) mass is 293 g/mol. The SMILES string of the molecule is Cc1ccc(C)c(S(=O)(=O)Cc2cc(F)ccc2N)c1. The van der Waals surface area contributed by atoms with Crippen molar-refractivity contribution in [2.75, 3.05) is 5.73 Å². The first-order valence-electron chi connectivity index (χ1n) is 6.13. The fourth-order valence-corrected chi connectivity index (χ4v) is 3.76. The zero-order valence-electron chi connectivity index (χ0n) is 11.4. The molecule has 0 atom stereocenters. The second-order valence-corrected chi connectivity index (χ2v) is 6.83. The summed E-state index contributed by atoms with van der Waals surface area (Å²) < 4.78 is 38.1. The maximum atomic E-state index is 13.2. The first-order chi connectivity index (χ1) is 9.29. The third kappa shape index (κ3) is 2.99. The molecule has 0 aliphatic heterocycles. The molecule has 0 bridgehead atoms. The summed E-state index contributed by atoms with van der Waals surface area (Å²) in [5.74, 6) is -0.800. The Bertz CT molecular complexity index is 754. The van der Waals surface area contributed by atoms with Crippen LogP contribution in [0.15, 0.2) is 41.3 Å². The first-order valence-corrected chi connectivity index (χ1v) is 7.79. The van der Waals surface area contributed by atoms with E-state index in [0.717, 1.165) is 11.6 Å². The molecule has 0 amide bonds. The van der Waals surface area contributed by atoms with E-state index in [4.69, 9.17) is 5.73 Å². The number of anilines is 1. The lowest BCUT2D eigenvalue weighted by Gasteiger charge is -2.10. The average molecular weight is 293 g/mol. The van der Waals surface area contributed by atoms with Crippen LogP contribution in [0.25, 0.3) is 0 Å². The fourth-order valence-electron chi connectivity index (χ4n) is 2.02. The number of sulfone groups is 1. The Labute approximate surface area is 118 Å². The lowest BCUT2D eigenvalue weighted by Crippen LogP contribution is -2.09. The minimum Gasteiger partial charge on any atom is -0.398 e. The van der Waals surface area contributed by atoms with Gasteiger partial charge in [-0.3, -0.25) is 0 Å². The lowest BCUT2D eigenvalue weighted by molar-refractivity contribution is 0.594. The van der Waals surface area contributed by atoms with Gasteiger partial charge in [0.2, 0.25) is 0 Å². The van der Waals surface area contributed by atoms with Crippen LogP contribution >= 0.6 is 0 Å². The Kier molecular flexibility index (Phi) is 3.81. The molecule has 20 heavy (non-hydrogen) atoms. The van der Waals surface area contributed by atoms with Gasteiger partial charge in [0.05, 0.1) is 10.6 Å². The van der Waals surface area contributed by atoms with E-state index in [0.29, 0.717) is 5.56 Å². The van der Waals surface area contributed by atoms with Crippen LogP contribution < -0.4 is 5.73 Å². The second-order valence-electron chi connectivity index (χ2n) is 4.87. The van der Waals surface area contributed by atoms with Crippen LogP contribution in [0.4, 0.5) is 10.1 Å². The topological polar surface area (TPSA) is 60.2 Å². The van der Waals surface area contributed by atoms with E-state index in [2.05, 4.69) is 0 Å². The van der Waals surface area contributed by atoms with E-state index in [1.54, 1.807) is 19.1 Å². The molecule has 0 heterocycles. The Morgan fingerprint density at radius 3 is 2.50 bits per heavy atom. The lowest BCUT2D eigenvalue weighted by atomic mass is 10.2. The normalized spacial score (nSPS) is 11.6. The molecule has 0 saturated heterocycles. The number of aryl methyl sites for hydroxylation is 2. The number of nitrogens with two attached hydrogens (primary N) is 1. The smallest absolute Gasteiger partial charge is 0.182 e. The highest BCUT2D eigenvalue weighted by Gasteiger charge is 2.19. The third-order valence-electron chi connectivity index (χ3n) is 3.13. The number of nitrogen functional groups attached to an aromatic ring is 1. The second kappa shape index (κ2) is 5.25. The van der Waals surface area contributed by atoms with Crippen molar-refractivity contribution in [3.05, 3.63) is 58.9 Å². The van der Waals surface area contributed by atoms with Crippen molar-refractivity contribution in [1.82, 2.24) is 0 Å². The summed E-state index contributed by atoms with van der Waals surface area (Å²) in [6.07, 6.45) is 0. The third-order valence-corrected chi connectivity index (χ3v) is 4.93. The van der Waals surface area contributed by atoms with Gasteiger partial charge in [-0.15, -0.1) is 0 Å². The highest BCUT2D eigenvalue weighted by atomic mass is 32.2. The molecule has 0 radical (unpaired) electrons. The maximum absolute atomic E-state index is 13.2. The highest BCUT2D eigenvalue weighted by molar-refractivity contribution is 7.90. The van der Waals surface area contributed by atoms with E-state index >= 15 is 0 Å². The van der Waals surface area contributed by atoms with Gasteiger partial charge in [-0.2, -0.15) is 0 Å². The molecule has 0 aromatic heterocycles. The molecule has 2 rings (SSSR count).